The molecule has 0 unspecified atom stereocenters. The molecule has 3 rings (SSSR count). The Hall–Kier alpha value is -2.02. The van der Waals surface area contributed by atoms with E-state index < -0.39 is 0 Å². The van der Waals surface area contributed by atoms with Crippen molar-refractivity contribution in [3.05, 3.63) is 41.2 Å². The van der Waals surface area contributed by atoms with Gasteiger partial charge in [0.05, 0.1) is 6.04 Å². The molecule has 110 valence electrons. The maximum absolute atomic E-state index is 13.9. The number of rotatable bonds is 4. The number of amides is 2. The molecule has 2 amide bonds. The number of halogens is 1. The third-order valence-corrected chi connectivity index (χ3v) is 4.13. The van der Waals surface area contributed by atoms with Crippen molar-refractivity contribution in [2.75, 3.05) is 5.32 Å². The number of carbonyl (C=O) groups is 1. The summed E-state index contributed by atoms with van der Waals surface area (Å²) >= 11 is 1.26. The summed E-state index contributed by atoms with van der Waals surface area (Å²) in [7, 11) is 0. The molecule has 1 aliphatic rings. The summed E-state index contributed by atoms with van der Waals surface area (Å²) < 4.78 is 13.9. The summed E-state index contributed by atoms with van der Waals surface area (Å²) in [6.07, 6.45) is 1.89. The van der Waals surface area contributed by atoms with Crippen molar-refractivity contribution in [1.29, 1.82) is 0 Å². The van der Waals surface area contributed by atoms with E-state index in [4.69, 9.17) is 0 Å². The highest BCUT2D eigenvalue weighted by Crippen LogP contribution is 2.35. The van der Waals surface area contributed by atoms with Gasteiger partial charge in [0.1, 0.15) is 11.3 Å². The normalized spacial score (nSPS) is 15.5. The second-order valence-corrected chi connectivity index (χ2v) is 5.84. The van der Waals surface area contributed by atoms with Crippen LogP contribution >= 0.6 is 11.3 Å². The van der Waals surface area contributed by atoms with Gasteiger partial charge in [0.2, 0.25) is 5.13 Å². The van der Waals surface area contributed by atoms with Crippen molar-refractivity contribution < 1.29 is 9.18 Å². The molecule has 0 radical (unpaired) electrons. The standard InChI is InChI=1S/C14H15FN4OS/c1-9(11-4-2-3-5-12(11)15)19(10-6-7-10)14(20)17-13-18-16-8-21-13/h2-5,8-10H,6-7H2,1H3,(H,17,18,20)/t9-/m0/s1. The van der Waals surface area contributed by atoms with E-state index in [1.165, 1.54) is 17.4 Å². The third kappa shape index (κ3) is 3.02. The van der Waals surface area contributed by atoms with Crippen LogP contribution in [0.2, 0.25) is 0 Å². The predicted molar refractivity (Wildman–Crippen MR) is 78.6 cm³/mol. The van der Waals surface area contributed by atoms with E-state index in [9.17, 15) is 9.18 Å². The second kappa shape index (κ2) is 5.77. The topological polar surface area (TPSA) is 58.1 Å². The van der Waals surface area contributed by atoms with Crippen LogP contribution in [0.1, 0.15) is 31.4 Å². The monoisotopic (exact) mass is 306 g/mol. The zero-order valence-electron chi connectivity index (χ0n) is 11.5. The summed E-state index contributed by atoms with van der Waals surface area (Å²) in [5.41, 5.74) is 2.08. The van der Waals surface area contributed by atoms with Gasteiger partial charge < -0.3 is 4.90 Å². The molecular weight excluding hydrogens is 291 g/mol. The molecule has 1 N–H and O–H groups in total. The van der Waals surface area contributed by atoms with Crippen molar-refractivity contribution in [2.45, 2.75) is 31.8 Å². The Balaban J connectivity index is 1.81. The summed E-state index contributed by atoms with van der Waals surface area (Å²) in [5.74, 6) is -0.292. The van der Waals surface area contributed by atoms with Gasteiger partial charge in [-0.05, 0) is 25.8 Å². The Bertz CT molecular complexity index is 630. The first-order chi connectivity index (χ1) is 10.2. The van der Waals surface area contributed by atoms with Gasteiger partial charge in [-0.2, -0.15) is 0 Å². The number of carbonyl (C=O) groups excluding carboxylic acids is 1. The molecule has 1 aliphatic carbocycles. The van der Waals surface area contributed by atoms with Crippen LogP contribution < -0.4 is 5.32 Å². The van der Waals surface area contributed by atoms with Gasteiger partial charge in [0.15, 0.2) is 0 Å². The molecule has 1 heterocycles. The van der Waals surface area contributed by atoms with Crippen LogP contribution in [0.25, 0.3) is 0 Å². The number of aromatic nitrogens is 2. The van der Waals surface area contributed by atoms with Crippen LogP contribution in [-0.2, 0) is 0 Å². The lowest BCUT2D eigenvalue weighted by Gasteiger charge is -2.29. The molecule has 0 bridgehead atoms. The van der Waals surface area contributed by atoms with Gasteiger partial charge in [0, 0.05) is 11.6 Å². The fraction of sp³-hybridized carbons (Fsp3) is 0.357. The van der Waals surface area contributed by atoms with Crippen LogP contribution in [0.15, 0.2) is 29.8 Å². The van der Waals surface area contributed by atoms with Crippen LogP contribution in [0.5, 0.6) is 0 Å². The molecule has 5 nitrogen and oxygen atoms in total. The van der Waals surface area contributed by atoms with E-state index in [-0.39, 0.29) is 23.9 Å². The molecule has 0 aliphatic heterocycles. The Morgan fingerprint density at radius 2 is 2.24 bits per heavy atom. The van der Waals surface area contributed by atoms with E-state index in [2.05, 4.69) is 15.5 Å². The largest absolute Gasteiger partial charge is 0.324 e. The van der Waals surface area contributed by atoms with Crippen LogP contribution in [0, 0.1) is 5.82 Å². The van der Waals surface area contributed by atoms with E-state index in [0.29, 0.717) is 10.7 Å². The molecule has 1 aromatic heterocycles. The lowest BCUT2D eigenvalue weighted by Crippen LogP contribution is -2.39. The van der Waals surface area contributed by atoms with E-state index in [1.807, 2.05) is 6.92 Å². The van der Waals surface area contributed by atoms with Gasteiger partial charge in [-0.3, -0.25) is 5.32 Å². The van der Waals surface area contributed by atoms with Crippen LogP contribution in [-0.4, -0.2) is 27.2 Å². The van der Waals surface area contributed by atoms with Crippen molar-refractivity contribution in [1.82, 2.24) is 15.1 Å². The fourth-order valence-electron chi connectivity index (χ4n) is 2.36. The minimum absolute atomic E-state index is 0.160. The number of urea groups is 1. The number of benzene rings is 1. The first-order valence-corrected chi connectivity index (χ1v) is 7.64. The highest BCUT2D eigenvalue weighted by Gasteiger charge is 2.37. The second-order valence-electron chi connectivity index (χ2n) is 5.01. The smallest absolute Gasteiger partial charge is 0.315 e. The highest BCUT2D eigenvalue weighted by molar-refractivity contribution is 7.13. The average Bonchev–Trinajstić information content (AvgIpc) is 3.16. The Morgan fingerprint density at radius 3 is 2.86 bits per heavy atom. The minimum atomic E-state index is -0.327. The van der Waals surface area contributed by atoms with Crippen LogP contribution in [0.4, 0.5) is 14.3 Å². The van der Waals surface area contributed by atoms with Crippen molar-refractivity contribution in [3.63, 3.8) is 0 Å². The molecule has 0 saturated heterocycles. The Kier molecular flexibility index (Phi) is 3.83. The Morgan fingerprint density at radius 1 is 1.48 bits per heavy atom. The number of hydrogen-bond donors (Lipinski definition) is 1. The lowest BCUT2D eigenvalue weighted by molar-refractivity contribution is 0.187. The van der Waals surface area contributed by atoms with Crippen molar-refractivity contribution in [3.8, 4) is 0 Å². The van der Waals surface area contributed by atoms with Gasteiger partial charge >= 0.3 is 6.03 Å². The van der Waals surface area contributed by atoms with Crippen LogP contribution in [0.3, 0.4) is 0 Å². The molecule has 1 saturated carbocycles. The fourth-order valence-corrected chi connectivity index (χ4v) is 2.79. The first-order valence-electron chi connectivity index (χ1n) is 6.76. The van der Waals surface area contributed by atoms with Gasteiger partial charge in [0.25, 0.3) is 0 Å². The van der Waals surface area contributed by atoms with Gasteiger partial charge in [-0.1, -0.05) is 29.5 Å². The first kappa shape index (κ1) is 13.9. The molecular formula is C14H15FN4OS. The number of anilines is 1. The maximum atomic E-state index is 13.9. The minimum Gasteiger partial charge on any atom is -0.315 e. The maximum Gasteiger partial charge on any atom is 0.324 e. The molecule has 0 spiro atoms. The number of nitrogens with zero attached hydrogens (tertiary/aromatic N) is 3. The van der Waals surface area contributed by atoms with Gasteiger partial charge in [-0.25, -0.2) is 9.18 Å². The van der Waals surface area contributed by atoms with Gasteiger partial charge in [-0.15, -0.1) is 10.2 Å². The van der Waals surface area contributed by atoms with Crippen molar-refractivity contribution >= 4 is 22.5 Å². The molecule has 7 heteroatoms. The van der Waals surface area contributed by atoms with E-state index in [0.717, 1.165) is 12.8 Å². The highest BCUT2D eigenvalue weighted by atomic mass is 32.1. The van der Waals surface area contributed by atoms with E-state index >= 15 is 0 Å². The predicted octanol–water partition coefficient (Wildman–Crippen LogP) is 3.43. The van der Waals surface area contributed by atoms with E-state index in [1.54, 1.807) is 28.6 Å². The molecule has 1 aromatic carbocycles. The van der Waals surface area contributed by atoms with Crippen molar-refractivity contribution in [2.24, 2.45) is 0 Å². The summed E-state index contributed by atoms with van der Waals surface area (Å²) in [6, 6.07) is 6.13. The zero-order chi connectivity index (χ0) is 14.8. The summed E-state index contributed by atoms with van der Waals surface area (Å²) in [4.78, 5) is 14.1. The molecule has 1 fully saturated rings. The summed E-state index contributed by atoms with van der Waals surface area (Å²) in [6.45, 7) is 1.84. The quantitative estimate of drug-likeness (QED) is 0.941. The average molecular weight is 306 g/mol. The molecule has 2 aromatic rings. The molecule has 1 atom stereocenters. The third-order valence-electron chi connectivity index (χ3n) is 3.52. The number of nitrogens with one attached hydrogen (secondary N) is 1. The lowest BCUT2D eigenvalue weighted by atomic mass is 10.1. The zero-order valence-corrected chi connectivity index (χ0v) is 12.3. The molecule has 21 heavy (non-hydrogen) atoms. The summed E-state index contributed by atoms with van der Waals surface area (Å²) in [5, 5.41) is 10.7. The Labute approximate surface area is 125 Å². The number of hydrogen-bond acceptors (Lipinski definition) is 4. The SMILES string of the molecule is C[C@@H](c1ccccc1F)N(C(=O)Nc1nncs1)C1CC1.